The van der Waals surface area contributed by atoms with Crippen LogP contribution in [0, 0.1) is 5.92 Å². The van der Waals surface area contributed by atoms with Crippen molar-refractivity contribution in [3.63, 3.8) is 0 Å². The third kappa shape index (κ3) is 3.77. The number of urea groups is 1. The van der Waals surface area contributed by atoms with Crippen molar-refractivity contribution in [1.82, 2.24) is 5.32 Å². The van der Waals surface area contributed by atoms with Gasteiger partial charge in [0.2, 0.25) is 5.91 Å². The smallest absolute Gasteiger partial charge is 0.335 e. The van der Waals surface area contributed by atoms with Crippen LogP contribution in [0.1, 0.15) is 0 Å². The maximum Gasteiger partial charge on any atom is 0.335 e. The van der Waals surface area contributed by atoms with Crippen LogP contribution >= 0.6 is 0 Å². The molecule has 1 unspecified atom stereocenters. The van der Waals surface area contributed by atoms with Crippen molar-refractivity contribution in [3.05, 3.63) is 24.3 Å². The average Bonchev–Trinajstić information content (AvgIpc) is 2.54. The SMILES string of the molecule is COc1ccccc1N1C(=O)NC(=O)C(C=NCC[NH+](C)C)C1=O. The van der Waals surface area contributed by atoms with E-state index < -0.39 is 23.8 Å². The van der Waals surface area contributed by atoms with Crippen molar-refractivity contribution < 1.29 is 24.0 Å². The highest BCUT2D eigenvalue weighted by atomic mass is 16.5. The molecular formula is C16H21N4O4+. The molecule has 0 bridgehead atoms. The first-order valence-corrected chi connectivity index (χ1v) is 7.56. The molecule has 1 aromatic carbocycles. The van der Waals surface area contributed by atoms with Gasteiger partial charge in [-0.15, -0.1) is 0 Å². The molecule has 8 nitrogen and oxygen atoms in total. The molecule has 2 rings (SSSR count). The van der Waals surface area contributed by atoms with E-state index >= 15 is 0 Å². The average molecular weight is 333 g/mol. The summed E-state index contributed by atoms with van der Waals surface area (Å²) in [5.74, 6) is -2.08. The molecule has 0 radical (unpaired) electrons. The topological polar surface area (TPSA) is 92.5 Å². The number of nitrogens with zero attached hydrogens (tertiary/aromatic N) is 2. The molecule has 1 aromatic rings. The number of likely N-dealkylation sites (N-methyl/N-ethyl adjacent to an activating group) is 1. The van der Waals surface area contributed by atoms with Crippen LogP contribution in [0.4, 0.5) is 10.5 Å². The lowest BCUT2D eigenvalue weighted by Crippen LogP contribution is -3.06. The molecule has 1 fully saturated rings. The third-order valence-electron chi connectivity index (χ3n) is 3.52. The maximum absolute atomic E-state index is 12.6. The Bertz CT molecular complexity index is 672. The molecule has 24 heavy (non-hydrogen) atoms. The zero-order chi connectivity index (χ0) is 17.7. The van der Waals surface area contributed by atoms with Crippen LogP contribution in [0.5, 0.6) is 5.75 Å². The van der Waals surface area contributed by atoms with Crippen molar-refractivity contribution in [3.8, 4) is 5.75 Å². The highest BCUT2D eigenvalue weighted by molar-refractivity contribution is 6.32. The first kappa shape index (κ1) is 17.6. The van der Waals surface area contributed by atoms with Crippen LogP contribution in [-0.4, -0.2) is 58.4 Å². The lowest BCUT2D eigenvalue weighted by molar-refractivity contribution is -0.856. The number of para-hydroxylation sites is 2. The molecule has 128 valence electrons. The lowest BCUT2D eigenvalue weighted by Gasteiger charge is -2.29. The number of imide groups is 2. The van der Waals surface area contributed by atoms with Crippen LogP contribution in [0.2, 0.25) is 0 Å². The minimum atomic E-state index is -1.13. The maximum atomic E-state index is 12.6. The highest BCUT2D eigenvalue weighted by Gasteiger charge is 2.41. The molecule has 4 amide bonds. The number of hydrogen-bond acceptors (Lipinski definition) is 5. The van der Waals surface area contributed by atoms with Gasteiger partial charge < -0.3 is 9.64 Å². The zero-order valence-corrected chi connectivity index (χ0v) is 13.9. The second-order valence-electron chi connectivity index (χ2n) is 5.63. The number of methoxy groups -OCH3 is 1. The van der Waals surface area contributed by atoms with Crippen LogP contribution in [0.25, 0.3) is 0 Å². The van der Waals surface area contributed by atoms with Gasteiger partial charge in [0.25, 0.3) is 5.91 Å². The van der Waals surface area contributed by atoms with E-state index in [2.05, 4.69) is 10.3 Å². The monoisotopic (exact) mass is 333 g/mol. The molecular weight excluding hydrogens is 312 g/mol. The number of benzene rings is 1. The largest absolute Gasteiger partial charge is 0.495 e. The Hall–Kier alpha value is -2.74. The van der Waals surface area contributed by atoms with Crippen LogP contribution < -0.4 is 19.9 Å². The zero-order valence-electron chi connectivity index (χ0n) is 13.9. The van der Waals surface area contributed by atoms with E-state index in [1.54, 1.807) is 24.3 Å². The fourth-order valence-corrected chi connectivity index (χ4v) is 2.23. The quantitative estimate of drug-likeness (QED) is 0.522. The Kier molecular flexibility index (Phi) is 5.64. The molecule has 1 aliphatic rings. The van der Waals surface area contributed by atoms with Crippen molar-refractivity contribution in [2.24, 2.45) is 10.9 Å². The minimum absolute atomic E-state index is 0.283. The number of anilines is 1. The molecule has 1 aliphatic heterocycles. The summed E-state index contributed by atoms with van der Waals surface area (Å²) in [5, 5.41) is 2.18. The third-order valence-corrected chi connectivity index (χ3v) is 3.52. The van der Waals surface area contributed by atoms with Gasteiger partial charge in [0.05, 0.1) is 40.0 Å². The lowest BCUT2D eigenvalue weighted by atomic mass is 10.1. The fourth-order valence-electron chi connectivity index (χ4n) is 2.23. The van der Waals surface area contributed by atoms with E-state index in [1.165, 1.54) is 18.2 Å². The van der Waals surface area contributed by atoms with Gasteiger partial charge in [0.1, 0.15) is 5.75 Å². The standard InChI is InChI=1S/C16H20N4O4/c1-19(2)9-8-17-10-11-14(21)18-16(23)20(15(11)22)12-6-4-5-7-13(12)24-3/h4-7,10-11H,8-9H2,1-3H3,(H,18,21,23)/p+1. The number of rotatable bonds is 6. The first-order chi connectivity index (χ1) is 11.5. The van der Waals surface area contributed by atoms with Crippen LogP contribution in [-0.2, 0) is 9.59 Å². The van der Waals surface area contributed by atoms with Crippen LogP contribution in [0.15, 0.2) is 29.3 Å². The van der Waals surface area contributed by atoms with Gasteiger partial charge in [-0.1, -0.05) is 12.1 Å². The van der Waals surface area contributed by atoms with Gasteiger partial charge in [-0.3, -0.25) is 19.9 Å². The summed E-state index contributed by atoms with van der Waals surface area (Å²) in [4.78, 5) is 43.0. The summed E-state index contributed by atoms with van der Waals surface area (Å²) in [6, 6.07) is 5.82. The van der Waals surface area contributed by atoms with Gasteiger partial charge in [-0.25, -0.2) is 9.69 Å². The number of aliphatic imine (C=N–C) groups is 1. The Morgan fingerprint density at radius 3 is 2.67 bits per heavy atom. The van der Waals surface area contributed by atoms with Gasteiger partial charge in [0.15, 0.2) is 5.92 Å². The Labute approximate surface area is 140 Å². The van der Waals surface area contributed by atoms with E-state index in [0.717, 1.165) is 11.4 Å². The molecule has 1 heterocycles. The predicted molar refractivity (Wildman–Crippen MR) is 88.5 cm³/mol. The number of amides is 4. The number of carbonyl (C=O) groups is 3. The van der Waals surface area contributed by atoms with Gasteiger partial charge in [-0.2, -0.15) is 0 Å². The number of hydrogen-bond donors (Lipinski definition) is 2. The molecule has 0 aromatic heterocycles. The Morgan fingerprint density at radius 2 is 2.00 bits per heavy atom. The van der Waals surface area contributed by atoms with Crippen molar-refractivity contribution in [2.75, 3.05) is 39.2 Å². The molecule has 0 aliphatic carbocycles. The van der Waals surface area contributed by atoms with E-state index in [0.29, 0.717) is 12.3 Å². The second-order valence-corrected chi connectivity index (χ2v) is 5.63. The molecule has 8 heteroatoms. The van der Waals surface area contributed by atoms with E-state index in [1.807, 2.05) is 14.1 Å². The van der Waals surface area contributed by atoms with E-state index in [4.69, 9.17) is 4.74 Å². The molecule has 1 atom stereocenters. The summed E-state index contributed by atoms with van der Waals surface area (Å²) in [7, 11) is 5.41. The fraction of sp³-hybridized carbons (Fsp3) is 0.375. The summed E-state index contributed by atoms with van der Waals surface area (Å²) >= 11 is 0. The van der Waals surface area contributed by atoms with E-state index in [9.17, 15) is 14.4 Å². The van der Waals surface area contributed by atoms with Gasteiger partial charge in [0, 0.05) is 6.21 Å². The normalized spacial score (nSPS) is 18.4. The first-order valence-electron chi connectivity index (χ1n) is 7.56. The summed E-state index contributed by atoms with van der Waals surface area (Å²) in [5.41, 5.74) is 0.283. The number of ether oxygens (including phenoxy) is 1. The number of nitrogens with one attached hydrogen (secondary N) is 2. The minimum Gasteiger partial charge on any atom is -0.495 e. The number of carbonyl (C=O) groups excluding carboxylic acids is 3. The Balaban J connectivity index is 2.25. The molecule has 0 spiro atoms. The van der Waals surface area contributed by atoms with Crippen molar-refractivity contribution in [2.45, 2.75) is 0 Å². The summed E-state index contributed by atoms with van der Waals surface area (Å²) in [6.07, 6.45) is 1.30. The molecule has 2 N–H and O–H groups in total. The molecule has 0 saturated carbocycles. The summed E-state index contributed by atoms with van der Waals surface area (Å²) in [6.45, 7) is 1.26. The van der Waals surface area contributed by atoms with Crippen molar-refractivity contribution in [1.29, 1.82) is 0 Å². The van der Waals surface area contributed by atoms with Crippen LogP contribution in [0.3, 0.4) is 0 Å². The number of quaternary nitrogens is 1. The Morgan fingerprint density at radius 1 is 1.29 bits per heavy atom. The van der Waals surface area contributed by atoms with Gasteiger partial charge in [-0.05, 0) is 12.1 Å². The predicted octanol–water partition coefficient (Wildman–Crippen LogP) is -0.890. The number of barbiturate groups is 1. The molecule has 1 saturated heterocycles. The second kappa shape index (κ2) is 7.69. The van der Waals surface area contributed by atoms with E-state index in [-0.39, 0.29) is 5.69 Å². The van der Waals surface area contributed by atoms with Gasteiger partial charge >= 0.3 is 6.03 Å². The van der Waals surface area contributed by atoms with Crippen molar-refractivity contribution >= 4 is 29.7 Å². The summed E-state index contributed by atoms with van der Waals surface area (Å²) < 4.78 is 5.19. The highest BCUT2D eigenvalue weighted by Crippen LogP contribution is 2.30.